The lowest BCUT2D eigenvalue weighted by molar-refractivity contribution is 1.64. The van der Waals surface area contributed by atoms with Crippen LogP contribution in [0, 0.1) is 0 Å². The van der Waals surface area contributed by atoms with E-state index >= 15 is 0 Å². The maximum absolute atomic E-state index is 6.06. The van der Waals surface area contributed by atoms with Gasteiger partial charge in [-0.3, -0.25) is 0 Å². The van der Waals surface area contributed by atoms with E-state index < -0.39 is 0 Å². The van der Waals surface area contributed by atoms with Crippen LogP contribution >= 0.6 is 0 Å². The summed E-state index contributed by atoms with van der Waals surface area (Å²) in [6, 6.07) is 29.4. The van der Waals surface area contributed by atoms with Gasteiger partial charge in [-0.15, -0.1) is 0 Å². The Morgan fingerprint density at radius 1 is 0.385 bits per heavy atom. The quantitative estimate of drug-likeness (QED) is 0.293. The van der Waals surface area contributed by atoms with Crippen molar-refractivity contribution in [3.05, 3.63) is 84.9 Å². The van der Waals surface area contributed by atoms with Gasteiger partial charge in [0, 0.05) is 11.4 Å². The van der Waals surface area contributed by atoms with Crippen LogP contribution in [-0.4, -0.2) is 0 Å². The van der Waals surface area contributed by atoms with E-state index in [4.69, 9.17) is 11.5 Å². The molecule has 0 aliphatic heterocycles. The molecule has 0 bridgehead atoms. The number of nitrogens with two attached hydrogens (primary N) is 2. The normalized spacial score (nSPS) is 11.4. The molecule has 0 saturated heterocycles. The molecule has 0 unspecified atom stereocenters. The molecule has 0 amide bonds. The van der Waals surface area contributed by atoms with Crippen molar-refractivity contribution in [3.63, 3.8) is 0 Å². The molecular formula is C24H18N2. The summed E-state index contributed by atoms with van der Waals surface area (Å²) >= 11 is 0. The summed E-state index contributed by atoms with van der Waals surface area (Å²) in [4.78, 5) is 0. The standard InChI is InChI=1S/C24H18N2/c25-17-8-5-15(6-9-17)16-7-11-21-22-12-10-18(26)14-24(22)20-4-2-1-3-19(20)23(21)13-16/h1-14H,25-26H2. The van der Waals surface area contributed by atoms with Crippen LogP contribution in [-0.2, 0) is 0 Å². The van der Waals surface area contributed by atoms with Gasteiger partial charge >= 0.3 is 0 Å². The summed E-state index contributed by atoms with van der Waals surface area (Å²) in [5.41, 5.74) is 15.8. The Morgan fingerprint density at radius 3 is 1.58 bits per heavy atom. The van der Waals surface area contributed by atoms with Gasteiger partial charge in [-0.1, -0.05) is 54.6 Å². The lowest BCUT2D eigenvalue weighted by Gasteiger charge is -2.12. The minimum absolute atomic E-state index is 0.781. The van der Waals surface area contributed by atoms with Crippen molar-refractivity contribution < 1.29 is 0 Å². The number of benzene rings is 5. The Kier molecular flexibility index (Phi) is 3.13. The first kappa shape index (κ1) is 14.8. The molecule has 124 valence electrons. The average Bonchev–Trinajstić information content (AvgIpc) is 2.68. The molecule has 0 aliphatic carbocycles. The molecule has 26 heavy (non-hydrogen) atoms. The van der Waals surface area contributed by atoms with E-state index in [1.54, 1.807) is 0 Å². The Morgan fingerprint density at radius 2 is 0.885 bits per heavy atom. The molecule has 0 aromatic heterocycles. The first-order valence-corrected chi connectivity index (χ1v) is 8.70. The van der Waals surface area contributed by atoms with E-state index in [0.717, 1.165) is 11.4 Å². The van der Waals surface area contributed by atoms with Crippen molar-refractivity contribution in [1.29, 1.82) is 0 Å². The molecule has 0 radical (unpaired) electrons. The van der Waals surface area contributed by atoms with Gasteiger partial charge in [-0.05, 0) is 73.8 Å². The van der Waals surface area contributed by atoms with Gasteiger partial charge in [-0.2, -0.15) is 0 Å². The lowest BCUT2D eigenvalue weighted by atomic mass is 9.92. The maximum Gasteiger partial charge on any atom is 0.0320 e. The summed E-state index contributed by atoms with van der Waals surface area (Å²) < 4.78 is 0. The van der Waals surface area contributed by atoms with Crippen LogP contribution in [0.3, 0.4) is 0 Å². The summed E-state index contributed by atoms with van der Waals surface area (Å²) in [5.74, 6) is 0. The van der Waals surface area contributed by atoms with Crippen molar-refractivity contribution in [2.24, 2.45) is 0 Å². The van der Waals surface area contributed by atoms with Gasteiger partial charge in [0.15, 0.2) is 0 Å². The van der Waals surface area contributed by atoms with Gasteiger partial charge in [0.05, 0.1) is 0 Å². The van der Waals surface area contributed by atoms with Gasteiger partial charge < -0.3 is 11.5 Å². The molecule has 0 fully saturated rings. The Bertz CT molecular complexity index is 1260. The Balaban J connectivity index is 1.91. The molecule has 0 saturated carbocycles. The molecular weight excluding hydrogens is 316 g/mol. The predicted octanol–water partition coefficient (Wildman–Crippen LogP) is 5.98. The molecule has 5 aromatic carbocycles. The van der Waals surface area contributed by atoms with E-state index in [9.17, 15) is 0 Å². The Hall–Kier alpha value is -3.52. The zero-order valence-electron chi connectivity index (χ0n) is 14.2. The summed E-state index contributed by atoms with van der Waals surface area (Å²) in [5, 5.41) is 7.42. The highest BCUT2D eigenvalue weighted by Crippen LogP contribution is 2.37. The second kappa shape index (κ2) is 5.50. The minimum Gasteiger partial charge on any atom is -0.399 e. The molecule has 0 atom stereocenters. The molecule has 0 heterocycles. The third-order valence-corrected chi connectivity index (χ3v) is 5.10. The summed E-state index contributed by atoms with van der Waals surface area (Å²) in [7, 11) is 0. The van der Waals surface area contributed by atoms with Crippen LogP contribution in [0.15, 0.2) is 84.9 Å². The number of nitrogen functional groups attached to an aromatic ring is 2. The molecule has 5 aromatic rings. The van der Waals surface area contributed by atoms with Gasteiger partial charge in [0.25, 0.3) is 0 Å². The van der Waals surface area contributed by atoms with Crippen LogP contribution in [0.2, 0.25) is 0 Å². The molecule has 0 spiro atoms. The second-order valence-corrected chi connectivity index (χ2v) is 6.73. The zero-order chi connectivity index (χ0) is 17.7. The SMILES string of the molecule is Nc1ccc(-c2ccc3c4ccc(N)cc4c4ccccc4c3c2)cc1. The fraction of sp³-hybridized carbons (Fsp3) is 0. The number of rotatable bonds is 1. The third-order valence-electron chi connectivity index (χ3n) is 5.10. The number of fused-ring (bicyclic) bond motifs is 6. The van der Waals surface area contributed by atoms with E-state index in [2.05, 4.69) is 66.7 Å². The van der Waals surface area contributed by atoms with E-state index in [0.29, 0.717) is 0 Å². The topological polar surface area (TPSA) is 52.0 Å². The van der Waals surface area contributed by atoms with Crippen LogP contribution < -0.4 is 11.5 Å². The fourth-order valence-electron chi connectivity index (χ4n) is 3.83. The highest BCUT2D eigenvalue weighted by atomic mass is 14.5. The van der Waals surface area contributed by atoms with Gasteiger partial charge in [0.1, 0.15) is 0 Å². The van der Waals surface area contributed by atoms with Crippen LogP contribution in [0.5, 0.6) is 0 Å². The van der Waals surface area contributed by atoms with Crippen LogP contribution in [0.1, 0.15) is 0 Å². The predicted molar refractivity (Wildman–Crippen MR) is 113 cm³/mol. The van der Waals surface area contributed by atoms with Gasteiger partial charge in [0.2, 0.25) is 0 Å². The molecule has 4 N–H and O–H groups in total. The van der Waals surface area contributed by atoms with Crippen molar-refractivity contribution in [2.75, 3.05) is 11.5 Å². The van der Waals surface area contributed by atoms with Crippen LogP contribution in [0.4, 0.5) is 11.4 Å². The number of hydrogen-bond donors (Lipinski definition) is 2. The number of hydrogen-bond acceptors (Lipinski definition) is 2. The molecule has 5 rings (SSSR count). The first-order valence-electron chi connectivity index (χ1n) is 8.70. The molecule has 2 heteroatoms. The first-order chi connectivity index (χ1) is 12.7. The Labute approximate surface area is 151 Å². The molecule has 0 aliphatic rings. The van der Waals surface area contributed by atoms with Crippen molar-refractivity contribution in [1.82, 2.24) is 0 Å². The van der Waals surface area contributed by atoms with Gasteiger partial charge in [-0.25, -0.2) is 0 Å². The van der Waals surface area contributed by atoms with Crippen molar-refractivity contribution in [3.8, 4) is 11.1 Å². The maximum atomic E-state index is 6.06. The van der Waals surface area contributed by atoms with Crippen LogP contribution in [0.25, 0.3) is 43.4 Å². The second-order valence-electron chi connectivity index (χ2n) is 6.73. The van der Waals surface area contributed by atoms with E-state index in [1.807, 2.05) is 18.2 Å². The van der Waals surface area contributed by atoms with Crippen molar-refractivity contribution >= 4 is 43.7 Å². The average molecular weight is 334 g/mol. The lowest BCUT2D eigenvalue weighted by Crippen LogP contribution is -1.88. The summed E-state index contributed by atoms with van der Waals surface area (Å²) in [6.07, 6.45) is 0. The smallest absolute Gasteiger partial charge is 0.0320 e. The fourth-order valence-corrected chi connectivity index (χ4v) is 3.83. The number of anilines is 2. The highest BCUT2D eigenvalue weighted by molar-refractivity contribution is 6.26. The minimum atomic E-state index is 0.781. The van der Waals surface area contributed by atoms with E-state index in [-0.39, 0.29) is 0 Å². The monoisotopic (exact) mass is 334 g/mol. The highest BCUT2D eigenvalue weighted by Gasteiger charge is 2.10. The summed E-state index contributed by atoms with van der Waals surface area (Å²) in [6.45, 7) is 0. The third kappa shape index (κ3) is 2.20. The molecule has 2 nitrogen and oxygen atoms in total. The van der Waals surface area contributed by atoms with Crippen molar-refractivity contribution in [2.45, 2.75) is 0 Å². The zero-order valence-corrected chi connectivity index (χ0v) is 14.2. The largest absolute Gasteiger partial charge is 0.399 e. The van der Waals surface area contributed by atoms with E-state index in [1.165, 1.54) is 43.4 Å².